The summed E-state index contributed by atoms with van der Waals surface area (Å²) < 4.78 is 0. The standard InChI is InChI=1S/C14H11N.BrH/c1-10-5-4-8-13-14(10)12-7-3-2-6-11(12)9-15-13;/h2-9H,1H3;1H. The Bertz CT molecular complexity index is 646. The quantitative estimate of drug-likeness (QED) is 0.517. The fourth-order valence-corrected chi connectivity index (χ4v) is 2.15. The second kappa shape index (κ2) is 4.22. The number of benzene rings is 2. The van der Waals surface area contributed by atoms with Gasteiger partial charge in [0.2, 0.25) is 5.52 Å². The topological polar surface area (TPSA) is 14.1 Å². The molecule has 0 radical (unpaired) electrons. The number of aromatic nitrogens is 1. The third-order valence-electron chi connectivity index (χ3n) is 2.89. The molecule has 2 aromatic carbocycles. The molecule has 1 heterocycles. The van der Waals surface area contributed by atoms with E-state index in [0.717, 1.165) is 0 Å². The van der Waals surface area contributed by atoms with Crippen LogP contribution >= 0.6 is 0 Å². The molecule has 80 valence electrons. The van der Waals surface area contributed by atoms with Gasteiger partial charge in [-0.1, -0.05) is 30.3 Å². The molecule has 0 aliphatic heterocycles. The summed E-state index contributed by atoms with van der Waals surface area (Å²) in [6.45, 7) is 2.16. The van der Waals surface area contributed by atoms with Crippen molar-refractivity contribution >= 4 is 21.7 Å². The van der Waals surface area contributed by atoms with Crippen LogP contribution in [0.1, 0.15) is 5.56 Å². The SMILES string of the molecule is Cc1cccc2[nH+]cc3ccccc3c12.[Br-]. The van der Waals surface area contributed by atoms with E-state index in [9.17, 15) is 0 Å². The van der Waals surface area contributed by atoms with Crippen molar-refractivity contribution in [2.45, 2.75) is 6.92 Å². The molecular weight excluding hydrogens is 262 g/mol. The fourth-order valence-electron chi connectivity index (χ4n) is 2.15. The number of nitrogens with one attached hydrogen (secondary N) is 1. The Kier molecular flexibility index (Phi) is 2.92. The van der Waals surface area contributed by atoms with Crippen LogP contribution in [0.2, 0.25) is 0 Å². The number of aryl methyl sites for hydroxylation is 1. The van der Waals surface area contributed by atoms with E-state index in [1.165, 1.54) is 27.2 Å². The molecule has 0 unspecified atom stereocenters. The number of hydrogen-bond donors (Lipinski definition) is 0. The molecule has 1 nitrogen and oxygen atoms in total. The molecule has 0 atom stereocenters. The number of hydrogen-bond acceptors (Lipinski definition) is 0. The molecule has 0 bridgehead atoms. The van der Waals surface area contributed by atoms with Gasteiger partial charge < -0.3 is 17.0 Å². The molecule has 0 saturated heterocycles. The first-order valence-corrected chi connectivity index (χ1v) is 5.15. The van der Waals surface area contributed by atoms with E-state index in [0.29, 0.717) is 0 Å². The first kappa shape index (κ1) is 11.1. The summed E-state index contributed by atoms with van der Waals surface area (Å²) in [5.41, 5.74) is 2.52. The van der Waals surface area contributed by atoms with Crippen LogP contribution in [0.15, 0.2) is 48.7 Å². The van der Waals surface area contributed by atoms with Gasteiger partial charge in [-0.05, 0) is 18.6 Å². The lowest BCUT2D eigenvalue weighted by atomic mass is 10.0. The average Bonchev–Trinajstić information content (AvgIpc) is 2.29. The molecule has 0 saturated carbocycles. The van der Waals surface area contributed by atoms with E-state index in [2.05, 4.69) is 60.6 Å². The van der Waals surface area contributed by atoms with Crippen LogP contribution in [0.5, 0.6) is 0 Å². The Morgan fingerprint density at radius 1 is 0.938 bits per heavy atom. The third-order valence-corrected chi connectivity index (χ3v) is 2.89. The second-order valence-corrected chi connectivity index (χ2v) is 3.87. The first-order chi connectivity index (χ1) is 7.36. The minimum absolute atomic E-state index is 0. The van der Waals surface area contributed by atoms with Crippen molar-refractivity contribution in [1.82, 2.24) is 0 Å². The molecule has 0 aliphatic carbocycles. The molecule has 0 amide bonds. The van der Waals surface area contributed by atoms with Gasteiger partial charge in [0.25, 0.3) is 0 Å². The summed E-state index contributed by atoms with van der Waals surface area (Å²) in [6.07, 6.45) is 2.07. The van der Waals surface area contributed by atoms with E-state index < -0.39 is 0 Å². The normalized spacial score (nSPS) is 10.3. The van der Waals surface area contributed by atoms with Gasteiger partial charge in [-0.15, -0.1) is 0 Å². The molecule has 16 heavy (non-hydrogen) atoms. The summed E-state index contributed by atoms with van der Waals surface area (Å²) >= 11 is 0. The minimum Gasteiger partial charge on any atom is -1.00 e. The number of rotatable bonds is 0. The molecule has 3 aromatic rings. The van der Waals surface area contributed by atoms with Gasteiger partial charge in [0.1, 0.15) is 0 Å². The van der Waals surface area contributed by atoms with Crippen LogP contribution in [0.3, 0.4) is 0 Å². The Morgan fingerprint density at radius 3 is 2.62 bits per heavy atom. The summed E-state index contributed by atoms with van der Waals surface area (Å²) in [6, 6.07) is 14.8. The first-order valence-electron chi connectivity index (χ1n) is 5.15. The van der Waals surface area contributed by atoms with E-state index in [1.807, 2.05) is 0 Å². The fraction of sp³-hybridized carbons (Fsp3) is 0.0714. The highest BCUT2D eigenvalue weighted by Gasteiger charge is 2.07. The van der Waals surface area contributed by atoms with Gasteiger partial charge in [-0.3, -0.25) is 0 Å². The number of pyridine rings is 1. The predicted octanol–water partition coefficient (Wildman–Crippen LogP) is 0.120. The molecule has 2 heteroatoms. The summed E-state index contributed by atoms with van der Waals surface area (Å²) in [5.74, 6) is 0. The van der Waals surface area contributed by atoms with E-state index in [4.69, 9.17) is 0 Å². The van der Waals surface area contributed by atoms with Crippen LogP contribution in [0.4, 0.5) is 0 Å². The van der Waals surface area contributed by atoms with Crippen LogP contribution in [0, 0.1) is 6.92 Å². The highest BCUT2D eigenvalue weighted by molar-refractivity contribution is 6.05. The molecular formula is C14H12BrN. The smallest absolute Gasteiger partial charge is 0.211 e. The number of aromatic amines is 1. The van der Waals surface area contributed by atoms with Crippen molar-refractivity contribution in [1.29, 1.82) is 0 Å². The zero-order valence-corrected chi connectivity index (χ0v) is 10.6. The highest BCUT2D eigenvalue weighted by atomic mass is 79.9. The molecule has 1 aromatic heterocycles. The maximum Gasteiger partial charge on any atom is 0.211 e. The Labute approximate surface area is 105 Å². The zero-order chi connectivity index (χ0) is 10.3. The van der Waals surface area contributed by atoms with Gasteiger partial charge in [0, 0.05) is 16.8 Å². The van der Waals surface area contributed by atoms with Crippen molar-refractivity contribution in [3.05, 3.63) is 54.2 Å². The van der Waals surface area contributed by atoms with Gasteiger partial charge in [-0.25, -0.2) is 4.98 Å². The van der Waals surface area contributed by atoms with Crippen LogP contribution < -0.4 is 22.0 Å². The van der Waals surface area contributed by atoms with E-state index >= 15 is 0 Å². The van der Waals surface area contributed by atoms with Crippen molar-refractivity contribution < 1.29 is 22.0 Å². The van der Waals surface area contributed by atoms with E-state index in [1.54, 1.807) is 0 Å². The highest BCUT2D eigenvalue weighted by Crippen LogP contribution is 2.23. The lowest BCUT2D eigenvalue weighted by Crippen LogP contribution is -3.00. The number of halogens is 1. The maximum absolute atomic E-state index is 3.33. The predicted molar refractivity (Wildman–Crippen MR) is 62.7 cm³/mol. The summed E-state index contributed by atoms with van der Waals surface area (Å²) in [4.78, 5) is 3.33. The monoisotopic (exact) mass is 273 g/mol. The number of fused-ring (bicyclic) bond motifs is 3. The molecule has 0 aliphatic rings. The van der Waals surface area contributed by atoms with Crippen LogP contribution in [0.25, 0.3) is 21.7 Å². The maximum atomic E-state index is 3.33. The largest absolute Gasteiger partial charge is 1.00 e. The van der Waals surface area contributed by atoms with Crippen LogP contribution in [-0.4, -0.2) is 0 Å². The summed E-state index contributed by atoms with van der Waals surface area (Å²) in [7, 11) is 0. The van der Waals surface area contributed by atoms with Crippen molar-refractivity contribution in [3.8, 4) is 0 Å². The Morgan fingerprint density at radius 2 is 1.75 bits per heavy atom. The third kappa shape index (κ3) is 1.59. The lowest BCUT2D eigenvalue weighted by Gasteiger charge is -2.01. The molecule has 3 rings (SSSR count). The molecule has 0 fully saturated rings. The average molecular weight is 274 g/mol. The summed E-state index contributed by atoms with van der Waals surface area (Å²) in [5, 5.41) is 3.92. The Hall–Kier alpha value is -1.41. The van der Waals surface area contributed by atoms with Gasteiger partial charge in [0.15, 0.2) is 6.20 Å². The van der Waals surface area contributed by atoms with Gasteiger partial charge >= 0.3 is 0 Å². The van der Waals surface area contributed by atoms with Gasteiger partial charge in [0.05, 0.1) is 5.39 Å². The van der Waals surface area contributed by atoms with Gasteiger partial charge in [-0.2, -0.15) is 0 Å². The van der Waals surface area contributed by atoms with Crippen molar-refractivity contribution in [3.63, 3.8) is 0 Å². The minimum atomic E-state index is 0. The van der Waals surface area contributed by atoms with Crippen LogP contribution in [-0.2, 0) is 0 Å². The lowest BCUT2D eigenvalue weighted by molar-refractivity contribution is -0.342. The van der Waals surface area contributed by atoms with Crippen molar-refractivity contribution in [2.24, 2.45) is 0 Å². The number of H-pyrrole nitrogens is 1. The Balaban J connectivity index is 0.000000963. The van der Waals surface area contributed by atoms with Crippen molar-refractivity contribution in [2.75, 3.05) is 0 Å². The zero-order valence-electron chi connectivity index (χ0n) is 9.00. The molecule has 1 N–H and O–H groups in total. The second-order valence-electron chi connectivity index (χ2n) is 3.87. The van der Waals surface area contributed by atoms with E-state index in [-0.39, 0.29) is 17.0 Å². The molecule has 0 spiro atoms.